The summed E-state index contributed by atoms with van der Waals surface area (Å²) in [5.41, 5.74) is 2.78. The first-order valence-corrected chi connectivity index (χ1v) is 7.09. The third kappa shape index (κ3) is 2.53. The van der Waals surface area contributed by atoms with Gasteiger partial charge in [-0.1, -0.05) is 25.1 Å². The van der Waals surface area contributed by atoms with Crippen LogP contribution < -0.4 is 10.2 Å². The predicted octanol–water partition coefficient (Wildman–Crippen LogP) is 1.71. The van der Waals surface area contributed by atoms with Gasteiger partial charge in [-0.2, -0.15) is 0 Å². The van der Waals surface area contributed by atoms with Gasteiger partial charge in [0, 0.05) is 38.4 Å². The van der Waals surface area contributed by atoms with Gasteiger partial charge in [-0.05, 0) is 24.0 Å². The number of rotatable bonds is 3. The molecule has 1 atom stereocenters. The molecule has 3 rings (SSSR count). The predicted molar refractivity (Wildman–Crippen MR) is 76.5 cm³/mol. The lowest BCUT2D eigenvalue weighted by molar-refractivity contribution is 0.218. The van der Waals surface area contributed by atoms with E-state index in [9.17, 15) is 4.79 Å². The maximum atomic E-state index is 11.6. The van der Waals surface area contributed by atoms with Crippen LogP contribution in [0.5, 0.6) is 0 Å². The summed E-state index contributed by atoms with van der Waals surface area (Å²) in [6.07, 6.45) is 1.16. The molecule has 4 heteroatoms. The number of para-hydroxylation sites is 1. The molecular formula is C15H21N3O. The van der Waals surface area contributed by atoms with Crippen LogP contribution in [-0.2, 0) is 6.42 Å². The summed E-state index contributed by atoms with van der Waals surface area (Å²) in [4.78, 5) is 15.9. The Labute approximate surface area is 114 Å². The molecule has 0 spiro atoms. The Kier molecular flexibility index (Phi) is 3.32. The summed E-state index contributed by atoms with van der Waals surface area (Å²) < 4.78 is 0. The SMILES string of the molecule is CC1Cc2ccccc2N(CCN2CCNC2=O)C1. The van der Waals surface area contributed by atoms with Gasteiger partial charge in [-0.3, -0.25) is 0 Å². The van der Waals surface area contributed by atoms with Crippen LogP contribution in [-0.4, -0.2) is 43.7 Å². The highest BCUT2D eigenvalue weighted by molar-refractivity contribution is 5.76. The van der Waals surface area contributed by atoms with Crippen LogP contribution >= 0.6 is 0 Å². The van der Waals surface area contributed by atoms with E-state index in [4.69, 9.17) is 0 Å². The van der Waals surface area contributed by atoms with Crippen molar-refractivity contribution < 1.29 is 4.79 Å². The molecule has 1 saturated heterocycles. The zero-order chi connectivity index (χ0) is 13.2. The molecule has 0 aromatic heterocycles. The van der Waals surface area contributed by atoms with Crippen molar-refractivity contribution in [2.45, 2.75) is 13.3 Å². The summed E-state index contributed by atoms with van der Waals surface area (Å²) in [6, 6.07) is 8.72. The van der Waals surface area contributed by atoms with Gasteiger partial charge >= 0.3 is 6.03 Å². The molecule has 1 aromatic carbocycles. The molecule has 1 aromatic rings. The van der Waals surface area contributed by atoms with Crippen molar-refractivity contribution in [1.29, 1.82) is 0 Å². The smallest absolute Gasteiger partial charge is 0.317 e. The quantitative estimate of drug-likeness (QED) is 0.897. The number of amides is 2. The van der Waals surface area contributed by atoms with Crippen molar-refractivity contribution in [3.05, 3.63) is 29.8 Å². The first-order chi connectivity index (χ1) is 9.24. The molecule has 2 aliphatic rings. The molecule has 0 saturated carbocycles. The van der Waals surface area contributed by atoms with Crippen molar-refractivity contribution in [2.75, 3.05) is 37.6 Å². The molecule has 1 fully saturated rings. The van der Waals surface area contributed by atoms with E-state index in [1.165, 1.54) is 11.3 Å². The van der Waals surface area contributed by atoms with E-state index in [2.05, 4.69) is 41.4 Å². The Morgan fingerprint density at radius 3 is 2.84 bits per heavy atom. The number of fused-ring (bicyclic) bond motifs is 1. The molecule has 0 aliphatic carbocycles. The highest BCUT2D eigenvalue weighted by Gasteiger charge is 2.24. The number of hydrogen-bond acceptors (Lipinski definition) is 2. The third-order valence-corrected chi connectivity index (χ3v) is 4.02. The zero-order valence-corrected chi connectivity index (χ0v) is 11.4. The number of carbonyl (C=O) groups is 1. The third-order valence-electron chi connectivity index (χ3n) is 4.02. The number of anilines is 1. The molecule has 2 amide bonds. The van der Waals surface area contributed by atoms with Gasteiger partial charge in [0.1, 0.15) is 0 Å². The fraction of sp³-hybridized carbons (Fsp3) is 0.533. The highest BCUT2D eigenvalue weighted by Crippen LogP contribution is 2.29. The topological polar surface area (TPSA) is 35.6 Å². The Morgan fingerprint density at radius 1 is 1.26 bits per heavy atom. The second-order valence-electron chi connectivity index (χ2n) is 5.60. The molecule has 102 valence electrons. The number of urea groups is 1. The van der Waals surface area contributed by atoms with E-state index in [1.807, 2.05) is 4.90 Å². The Balaban J connectivity index is 1.69. The lowest BCUT2D eigenvalue weighted by Crippen LogP contribution is -2.41. The van der Waals surface area contributed by atoms with Gasteiger partial charge in [-0.25, -0.2) is 4.79 Å². The zero-order valence-electron chi connectivity index (χ0n) is 11.4. The van der Waals surface area contributed by atoms with Crippen molar-refractivity contribution in [1.82, 2.24) is 10.2 Å². The Morgan fingerprint density at radius 2 is 2.05 bits per heavy atom. The molecule has 19 heavy (non-hydrogen) atoms. The van der Waals surface area contributed by atoms with Crippen molar-refractivity contribution in [3.63, 3.8) is 0 Å². The average Bonchev–Trinajstić information content (AvgIpc) is 2.81. The molecular weight excluding hydrogens is 238 g/mol. The van der Waals surface area contributed by atoms with E-state index in [0.29, 0.717) is 5.92 Å². The van der Waals surface area contributed by atoms with E-state index >= 15 is 0 Å². The number of nitrogens with one attached hydrogen (secondary N) is 1. The number of benzene rings is 1. The van der Waals surface area contributed by atoms with E-state index < -0.39 is 0 Å². The number of carbonyl (C=O) groups excluding carboxylic acids is 1. The molecule has 0 radical (unpaired) electrons. The Bertz CT molecular complexity index is 474. The summed E-state index contributed by atoms with van der Waals surface area (Å²) in [6.45, 7) is 6.75. The van der Waals surface area contributed by atoms with Gasteiger partial charge in [0.15, 0.2) is 0 Å². The summed E-state index contributed by atoms with van der Waals surface area (Å²) in [5, 5.41) is 2.85. The molecule has 2 heterocycles. The fourth-order valence-electron chi connectivity index (χ4n) is 3.08. The monoisotopic (exact) mass is 259 g/mol. The second kappa shape index (κ2) is 5.11. The van der Waals surface area contributed by atoms with Crippen LogP contribution in [0.2, 0.25) is 0 Å². The molecule has 4 nitrogen and oxygen atoms in total. The van der Waals surface area contributed by atoms with Gasteiger partial charge < -0.3 is 15.1 Å². The maximum Gasteiger partial charge on any atom is 0.317 e. The van der Waals surface area contributed by atoms with Crippen molar-refractivity contribution in [2.24, 2.45) is 5.92 Å². The number of nitrogens with zero attached hydrogens (tertiary/aromatic N) is 2. The Hall–Kier alpha value is -1.71. The van der Waals surface area contributed by atoms with Crippen LogP contribution in [0, 0.1) is 5.92 Å². The van der Waals surface area contributed by atoms with E-state index in [-0.39, 0.29) is 6.03 Å². The number of hydrogen-bond donors (Lipinski definition) is 1. The molecule has 1 unspecified atom stereocenters. The first kappa shape index (κ1) is 12.3. The summed E-state index contributed by atoms with van der Waals surface area (Å²) >= 11 is 0. The minimum atomic E-state index is 0.0818. The summed E-state index contributed by atoms with van der Waals surface area (Å²) in [5.74, 6) is 0.683. The first-order valence-electron chi connectivity index (χ1n) is 7.09. The molecule has 0 bridgehead atoms. The van der Waals surface area contributed by atoms with Crippen molar-refractivity contribution >= 4 is 11.7 Å². The molecule has 1 N–H and O–H groups in total. The normalized spacial score (nSPS) is 22.4. The van der Waals surface area contributed by atoms with Crippen LogP contribution in [0.25, 0.3) is 0 Å². The summed E-state index contributed by atoms with van der Waals surface area (Å²) in [7, 11) is 0. The van der Waals surface area contributed by atoms with Crippen LogP contribution in [0.3, 0.4) is 0 Å². The van der Waals surface area contributed by atoms with Gasteiger partial charge in [0.25, 0.3) is 0 Å². The lowest BCUT2D eigenvalue weighted by Gasteiger charge is -2.35. The minimum absolute atomic E-state index is 0.0818. The fourth-order valence-corrected chi connectivity index (χ4v) is 3.08. The molecule has 2 aliphatic heterocycles. The highest BCUT2D eigenvalue weighted by atomic mass is 16.2. The van der Waals surface area contributed by atoms with Gasteiger partial charge in [0.05, 0.1) is 0 Å². The van der Waals surface area contributed by atoms with E-state index in [0.717, 1.165) is 39.1 Å². The van der Waals surface area contributed by atoms with Gasteiger partial charge in [0.2, 0.25) is 0 Å². The van der Waals surface area contributed by atoms with Gasteiger partial charge in [-0.15, -0.1) is 0 Å². The lowest BCUT2D eigenvalue weighted by atomic mass is 9.94. The average molecular weight is 259 g/mol. The van der Waals surface area contributed by atoms with Crippen LogP contribution in [0.4, 0.5) is 10.5 Å². The second-order valence-corrected chi connectivity index (χ2v) is 5.60. The van der Waals surface area contributed by atoms with Crippen LogP contribution in [0.1, 0.15) is 12.5 Å². The minimum Gasteiger partial charge on any atom is -0.369 e. The van der Waals surface area contributed by atoms with Crippen LogP contribution in [0.15, 0.2) is 24.3 Å². The standard InChI is InChI=1S/C15H21N3O/c1-12-10-13-4-2-3-5-14(13)18(11-12)9-8-17-7-6-16-15(17)19/h2-5,12H,6-11H2,1H3,(H,16,19). The largest absolute Gasteiger partial charge is 0.369 e. The maximum absolute atomic E-state index is 11.6. The van der Waals surface area contributed by atoms with Crippen molar-refractivity contribution in [3.8, 4) is 0 Å². The van der Waals surface area contributed by atoms with E-state index in [1.54, 1.807) is 0 Å².